The molecule has 6 nitrogen and oxygen atoms in total. The number of carbonyl (C=O) groups is 1. The number of para-hydroxylation sites is 2. The minimum absolute atomic E-state index is 0.0250. The van der Waals surface area contributed by atoms with Gasteiger partial charge in [0.1, 0.15) is 6.61 Å². The summed E-state index contributed by atoms with van der Waals surface area (Å²) in [4.78, 5) is 14.4. The molecule has 6 heteroatoms. The topological polar surface area (TPSA) is 76.8 Å². The van der Waals surface area contributed by atoms with Crippen LogP contribution in [0.4, 0.5) is 0 Å². The fourth-order valence-corrected chi connectivity index (χ4v) is 2.59. The molecule has 1 aromatic carbocycles. The maximum absolute atomic E-state index is 12.6. The summed E-state index contributed by atoms with van der Waals surface area (Å²) in [5.74, 6) is 1.26. The summed E-state index contributed by atoms with van der Waals surface area (Å²) in [6.45, 7) is 2.86. The molecular formula is C14H19N3O3. The highest BCUT2D eigenvalue weighted by Crippen LogP contribution is 2.31. The summed E-state index contributed by atoms with van der Waals surface area (Å²) in [7, 11) is 0. The lowest BCUT2D eigenvalue weighted by molar-refractivity contribution is -0.144. The molecular weight excluding hydrogens is 258 g/mol. The van der Waals surface area contributed by atoms with E-state index in [1.54, 1.807) is 4.90 Å². The van der Waals surface area contributed by atoms with Crippen LogP contribution in [0.5, 0.6) is 11.5 Å². The van der Waals surface area contributed by atoms with Gasteiger partial charge < -0.3 is 25.4 Å². The number of carbonyl (C=O) groups excluding carboxylic acids is 1. The van der Waals surface area contributed by atoms with Crippen LogP contribution in [0.2, 0.25) is 0 Å². The Hall–Kier alpha value is -1.79. The van der Waals surface area contributed by atoms with Crippen molar-refractivity contribution in [3.63, 3.8) is 0 Å². The number of piperazine rings is 1. The second-order valence-electron chi connectivity index (χ2n) is 4.99. The molecule has 1 saturated heterocycles. The van der Waals surface area contributed by atoms with Gasteiger partial charge in [-0.15, -0.1) is 0 Å². The van der Waals surface area contributed by atoms with Gasteiger partial charge in [-0.2, -0.15) is 0 Å². The predicted molar refractivity (Wildman–Crippen MR) is 73.8 cm³/mol. The Morgan fingerprint density at radius 2 is 2.20 bits per heavy atom. The summed E-state index contributed by atoms with van der Waals surface area (Å²) < 4.78 is 11.4. The highest BCUT2D eigenvalue weighted by Gasteiger charge is 2.34. The average Bonchev–Trinajstić information content (AvgIpc) is 2.53. The number of hydrogen-bond donors (Lipinski definition) is 2. The van der Waals surface area contributed by atoms with Gasteiger partial charge in [-0.3, -0.25) is 4.79 Å². The molecule has 3 N–H and O–H groups in total. The van der Waals surface area contributed by atoms with E-state index in [-0.39, 0.29) is 18.6 Å². The zero-order chi connectivity index (χ0) is 13.9. The molecule has 1 fully saturated rings. The van der Waals surface area contributed by atoms with Crippen molar-refractivity contribution in [1.82, 2.24) is 10.2 Å². The van der Waals surface area contributed by atoms with E-state index >= 15 is 0 Å². The van der Waals surface area contributed by atoms with Crippen molar-refractivity contribution in [3.8, 4) is 11.5 Å². The summed E-state index contributed by atoms with van der Waals surface area (Å²) in [6, 6.07) is 7.42. The molecule has 2 unspecified atom stereocenters. The van der Waals surface area contributed by atoms with Crippen LogP contribution in [-0.2, 0) is 4.79 Å². The van der Waals surface area contributed by atoms with Crippen LogP contribution < -0.4 is 20.5 Å². The monoisotopic (exact) mass is 277 g/mol. The number of fused-ring (bicyclic) bond motifs is 1. The van der Waals surface area contributed by atoms with Gasteiger partial charge >= 0.3 is 0 Å². The van der Waals surface area contributed by atoms with Gasteiger partial charge in [-0.05, 0) is 12.1 Å². The van der Waals surface area contributed by atoms with E-state index < -0.39 is 6.10 Å². The first-order chi connectivity index (χ1) is 9.79. The van der Waals surface area contributed by atoms with Gasteiger partial charge in [0, 0.05) is 26.2 Å². The lowest BCUT2D eigenvalue weighted by Crippen LogP contribution is -2.60. The molecule has 2 heterocycles. The van der Waals surface area contributed by atoms with Crippen LogP contribution in [-0.4, -0.2) is 55.7 Å². The third-order valence-electron chi connectivity index (χ3n) is 3.69. The van der Waals surface area contributed by atoms with Crippen molar-refractivity contribution in [1.29, 1.82) is 0 Å². The van der Waals surface area contributed by atoms with Gasteiger partial charge in [-0.25, -0.2) is 0 Å². The second kappa shape index (κ2) is 5.68. The quantitative estimate of drug-likeness (QED) is 0.768. The molecule has 0 spiro atoms. The minimum atomic E-state index is -0.586. The van der Waals surface area contributed by atoms with Crippen LogP contribution in [0.25, 0.3) is 0 Å². The van der Waals surface area contributed by atoms with Crippen molar-refractivity contribution in [3.05, 3.63) is 24.3 Å². The standard InChI is InChI=1S/C14H19N3O3/c15-7-10-8-16-5-6-17(10)14(18)13-9-19-11-3-1-2-4-12(11)20-13/h1-4,10,13,16H,5-9,15H2. The van der Waals surface area contributed by atoms with Crippen molar-refractivity contribution < 1.29 is 14.3 Å². The number of nitrogens with two attached hydrogens (primary N) is 1. The van der Waals surface area contributed by atoms with Gasteiger partial charge in [-0.1, -0.05) is 12.1 Å². The molecule has 1 aromatic rings. The smallest absolute Gasteiger partial charge is 0.267 e. The fourth-order valence-electron chi connectivity index (χ4n) is 2.59. The zero-order valence-corrected chi connectivity index (χ0v) is 11.2. The lowest BCUT2D eigenvalue weighted by Gasteiger charge is -2.38. The Bertz CT molecular complexity index is 494. The first-order valence-electron chi connectivity index (χ1n) is 6.89. The van der Waals surface area contributed by atoms with Crippen LogP contribution in [0.3, 0.4) is 0 Å². The third kappa shape index (κ3) is 2.44. The first kappa shape index (κ1) is 13.2. The van der Waals surface area contributed by atoms with E-state index in [1.807, 2.05) is 24.3 Å². The highest BCUT2D eigenvalue weighted by molar-refractivity contribution is 5.82. The molecule has 2 atom stereocenters. The van der Waals surface area contributed by atoms with Crippen LogP contribution >= 0.6 is 0 Å². The molecule has 2 aliphatic heterocycles. The van der Waals surface area contributed by atoms with Gasteiger partial charge in [0.25, 0.3) is 5.91 Å². The minimum Gasteiger partial charge on any atom is -0.485 e. The van der Waals surface area contributed by atoms with E-state index in [2.05, 4.69) is 5.32 Å². The molecule has 0 bridgehead atoms. The average molecular weight is 277 g/mol. The van der Waals surface area contributed by atoms with Gasteiger partial charge in [0.15, 0.2) is 11.5 Å². The third-order valence-corrected chi connectivity index (χ3v) is 3.69. The van der Waals surface area contributed by atoms with Crippen molar-refractivity contribution in [2.24, 2.45) is 5.73 Å². The Balaban J connectivity index is 1.72. The van der Waals surface area contributed by atoms with E-state index in [0.29, 0.717) is 24.6 Å². The summed E-state index contributed by atoms with van der Waals surface area (Å²) in [5.41, 5.74) is 5.73. The van der Waals surface area contributed by atoms with E-state index in [0.717, 1.165) is 13.1 Å². The van der Waals surface area contributed by atoms with E-state index in [9.17, 15) is 4.79 Å². The zero-order valence-electron chi connectivity index (χ0n) is 11.2. The predicted octanol–water partition coefficient (Wildman–Crippen LogP) is -0.414. The van der Waals surface area contributed by atoms with Crippen LogP contribution in [0, 0.1) is 0 Å². The highest BCUT2D eigenvalue weighted by atomic mass is 16.6. The Labute approximate surface area is 117 Å². The number of nitrogens with one attached hydrogen (secondary N) is 1. The van der Waals surface area contributed by atoms with E-state index in [1.165, 1.54) is 0 Å². The molecule has 0 aromatic heterocycles. The first-order valence-corrected chi connectivity index (χ1v) is 6.89. The lowest BCUT2D eigenvalue weighted by atomic mass is 10.1. The fraction of sp³-hybridized carbons (Fsp3) is 0.500. The molecule has 1 amide bonds. The van der Waals surface area contributed by atoms with Gasteiger partial charge in [0.2, 0.25) is 6.10 Å². The molecule has 3 rings (SSSR count). The van der Waals surface area contributed by atoms with Crippen molar-refractivity contribution >= 4 is 5.91 Å². The normalized spacial score (nSPS) is 25.4. The second-order valence-corrected chi connectivity index (χ2v) is 4.99. The summed E-state index contributed by atoms with van der Waals surface area (Å²) >= 11 is 0. The molecule has 20 heavy (non-hydrogen) atoms. The number of rotatable bonds is 2. The number of benzene rings is 1. The van der Waals surface area contributed by atoms with Crippen molar-refractivity contribution in [2.45, 2.75) is 12.1 Å². The number of nitrogens with zero attached hydrogens (tertiary/aromatic N) is 1. The maximum atomic E-state index is 12.6. The van der Waals surface area contributed by atoms with Gasteiger partial charge in [0.05, 0.1) is 6.04 Å². The van der Waals surface area contributed by atoms with E-state index in [4.69, 9.17) is 15.2 Å². The number of hydrogen-bond acceptors (Lipinski definition) is 5. The van der Waals surface area contributed by atoms with Crippen LogP contribution in [0.15, 0.2) is 24.3 Å². The molecule has 108 valence electrons. The molecule has 0 aliphatic carbocycles. The van der Waals surface area contributed by atoms with Crippen molar-refractivity contribution in [2.75, 3.05) is 32.8 Å². The summed E-state index contributed by atoms with van der Waals surface area (Å²) in [5, 5.41) is 3.24. The Morgan fingerprint density at radius 3 is 3.00 bits per heavy atom. The maximum Gasteiger partial charge on any atom is 0.267 e. The Morgan fingerprint density at radius 1 is 1.40 bits per heavy atom. The van der Waals surface area contributed by atoms with Crippen LogP contribution in [0.1, 0.15) is 0 Å². The Kier molecular flexibility index (Phi) is 3.75. The number of ether oxygens (including phenoxy) is 2. The largest absolute Gasteiger partial charge is 0.485 e. The molecule has 0 radical (unpaired) electrons. The molecule has 2 aliphatic rings. The summed E-state index contributed by atoms with van der Waals surface area (Å²) in [6.07, 6.45) is -0.586. The SMILES string of the molecule is NCC1CNCCN1C(=O)C1COc2ccccc2O1. The molecule has 0 saturated carbocycles. The number of amides is 1.